The fourth-order valence-corrected chi connectivity index (χ4v) is 13.2. The molecule has 0 aliphatic heterocycles. The van der Waals surface area contributed by atoms with Gasteiger partial charge in [0.1, 0.15) is 0 Å². The maximum Gasteiger partial charge on any atom is 0.0728 e. The van der Waals surface area contributed by atoms with Gasteiger partial charge < -0.3 is 4.40 Å². The lowest BCUT2D eigenvalue weighted by atomic mass is 9.67. The Bertz CT molecular complexity index is 2210. The van der Waals surface area contributed by atoms with Gasteiger partial charge >= 0.3 is 0 Å². The summed E-state index contributed by atoms with van der Waals surface area (Å²) in [5.41, 5.74) is 16.4. The van der Waals surface area contributed by atoms with Crippen LogP contribution in [0.25, 0.3) is 49.2 Å². The highest BCUT2D eigenvalue weighted by Gasteiger charge is 2.45. The molecule has 0 spiro atoms. The van der Waals surface area contributed by atoms with Crippen molar-refractivity contribution in [3.05, 3.63) is 82.2 Å². The molecule has 0 radical (unpaired) electrons. The van der Waals surface area contributed by atoms with Crippen LogP contribution in [0.5, 0.6) is 0 Å². The lowest BCUT2D eigenvalue weighted by Crippen LogP contribution is -2.25. The molecule has 4 atom stereocenters. The summed E-state index contributed by atoms with van der Waals surface area (Å²) in [7, 11) is 0. The summed E-state index contributed by atoms with van der Waals surface area (Å²) >= 11 is 0. The van der Waals surface area contributed by atoms with Crippen LogP contribution in [0.15, 0.2) is 48.7 Å². The first-order chi connectivity index (χ1) is 22.1. The maximum atomic E-state index is 5.46. The van der Waals surface area contributed by atoms with Crippen molar-refractivity contribution < 1.29 is 0 Å². The second-order valence-corrected chi connectivity index (χ2v) is 16.9. The highest BCUT2D eigenvalue weighted by Crippen LogP contribution is 2.60. The molecular formula is C43H42N2. The Kier molecular flexibility index (Phi) is 4.57. The predicted molar refractivity (Wildman–Crippen MR) is 185 cm³/mol. The van der Waals surface area contributed by atoms with Crippen molar-refractivity contribution in [1.29, 1.82) is 0 Å². The van der Waals surface area contributed by atoms with Crippen LogP contribution < -0.4 is 0 Å². The molecule has 0 amide bonds. The number of rotatable bonds is 1. The van der Waals surface area contributed by atoms with Crippen LogP contribution in [0.2, 0.25) is 0 Å². The van der Waals surface area contributed by atoms with Crippen LogP contribution in [0.3, 0.4) is 0 Å². The summed E-state index contributed by atoms with van der Waals surface area (Å²) in [5, 5.41) is 6.01. The Morgan fingerprint density at radius 3 is 1.89 bits per heavy atom. The number of benzene rings is 3. The molecule has 2 nitrogen and oxygen atoms in total. The topological polar surface area (TPSA) is 17.3 Å². The molecule has 8 bridgehead atoms. The average Bonchev–Trinajstić information content (AvgIpc) is 3.39. The lowest BCUT2D eigenvalue weighted by Gasteiger charge is -2.38. The van der Waals surface area contributed by atoms with E-state index in [1.54, 1.807) is 22.1 Å². The number of hydrogen-bond acceptors (Lipinski definition) is 1. The van der Waals surface area contributed by atoms with Gasteiger partial charge in [0, 0.05) is 33.2 Å². The first-order valence-electron chi connectivity index (χ1n) is 18.3. The largest absolute Gasteiger partial charge is 0.306 e. The van der Waals surface area contributed by atoms with Gasteiger partial charge in [-0.2, -0.15) is 0 Å². The van der Waals surface area contributed by atoms with Crippen molar-refractivity contribution in [2.45, 2.75) is 102 Å². The van der Waals surface area contributed by atoms with E-state index in [1.807, 2.05) is 0 Å². The highest BCUT2D eigenvalue weighted by atomic mass is 14.9. The summed E-state index contributed by atoms with van der Waals surface area (Å²) in [6.07, 6.45) is 16.5. The first-order valence-corrected chi connectivity index (χ1v) is 18.3. The molecule has 224 valence electrons. The third-order valence-electron chi connectivity index (χ3n) is 14.4. The molecule has 14 rings (SSSR count). The van der Waals surface area contributed by atoms with Crippen molar-refractivity contribution >= 4 is 38.1 Å². The van der Waals surface area contributed by atoms with Gasteiger partial charge in [0.25, 0.3) is 0 Å². The second kappa shape index (κ2) is 8.30. The molecule has 2 heteroatoms. The van der Waals surface area contributed by atoms with Crippen molar-refractivity contribution in [1.82, 2.24) is 9.38 Å². The minimum absolute atomic E-state index is 0.664. The van der Waals surface area contributed by atoms with Gasteiger partial charge in [-0.05, 0) is 183 Å². The molecule has 4 fully saturated rings. The van der Waals surface area contributed by atoms with E-state index in [-0.39, 0.29) is 0 Å². The van der Waals surface area contributed by atoms with E-state index in [0.29, 0.717) is 11.8 Å². The molecule has 4 unspecified atom stereocenters. The Balaban J connectivity index is 1.24. The van der Waals surface area contributed by atoms with Gasteiger partial charge in [-0.3, -0.25) is 4.98 Å². The monoisotopic (exact) mass is 586 g/mol. The molecule has 3 aromatic carbocycles. The SMILES string of the molecule is Cc1cccc(C)c1-c1cc2c3cc4c(cc3n3c5cnc6c(c5c(c1)c23)C1CC2CC(CC6C2)C1)C1CC2CC(CC4C2)C1. The molecule has 3 heterocycles. The van der Waals surface area contributed by atoms with Crippen LogP contribution in [0.4, 0.5) is 0 Å². The molecule has 0 N–H and O–H groups in total. The van der Waals surface area contributed by atoms with Crippen molar-refractivity contribution in [2.75, 3.05) is 0 Å². The lowest BCUT2D eigenvalue weighted by molar-refractivity contribution is 0.165. The molecule has 8 aliphatic rings. The van der Waals surface area contributed by atoms with Crippen molar-refractivity contribution in [3.63, 3.8) is 0 Å². The third kappa shape index (κ3) is 3.11. The van der Waals surface area contributed by atoms with E-state index in [9.17, 15) is 0 Å². The smallest absolute Gasteiger partial charge is 0.0728 e. The fourth-order valence-electron chi connectivity index (χ4n) is 13.2. The number of fused-ring (bicyclic) bond motifs is 6. The van der Waals surface area contributed by atoms with Gasteiger partial charge in [0.2, 0.25) is 0 Å². The Hall–Kier alpha value is -3.39. The maximum absolute atomic E-state index is 5.46. The standard InChI is InChI=1S/C43H42N2/c1-21-4-3-5-22(2)39(21)30-16-35-34-18-32-27-8-23-6-24(9-27)11-28(10-23)33(32)19-37(34)45-38-20-44-42-31-14-25-7-26(15-31)13-29(12-25)40(42)41(38)36(17-30)43(35)45/h3-5,16-20,23-29,31H,6-15H2,1-2H3. The van der Waals surface area contributed by atoms with Crippen LogP contribution in [-0.4, -0.2) is 9.38 Å². The van der Waals surface area contributed by atoms with Gasteiger partial charge in [-0.1, -0.05) is 18.2 Å². The van der Waals surface area contributed by atoms with E-state index in [2.05, 4.69) is 66.9 Å². The zero-order valence-corrected chi connectivity index (χ0v) is 26.7. The minimum Gasteiger partial charge on any atom is -0.306 e. The zero-order chi connectivity index (χ0) is 29.3. The zero-order valence-electron chi connectivity index (χ0n) is 26.7. The van der Waals surface area contributed by atoms with E-state index in [1.165, 1.54) is 125 Å². The van der Waals surface area contributed by atoms with Crippen molar-refractivity contribution in [3.8, 4) is 11.1 Å². The van der Waals surface area contributed by atoms with Crippen LogP contribution in [0, 0.1) is 37.5 Å². The van der Waals surface area contributed by atoms with Gasteiger partial charge in [0.15, 0.2) is 0 Å². The average molecular weight is 587 g/mol. The van der Waals surface area contributed by atoms with Gasteiger partial charge in [-0.15, -0.1) is 0 Å². The van der Waals surface area contributed by atoms with Crippen LogP contribution >= 0.6 is 0 Å². The predicted octanol–water partition coefficient (Wildman–Crippen LogP) is 11.3. The summed E-state index contributed by atoms with van der Waals surface area (Å²) in [5.74, 6) is 6.56. The minimum atomic E-state index is 0.664. The van der Waals surface area contributed by atoms with E-state index in [0.717, 1.165) is 35.5 Å². The summed E-state index contributed by atoms with van der Waals surface area (Å²) in [4.78, 5) is 5.46. The molecule has 45 heavy (non-hydrogen) atoms. The first kappa shape index (κ1) is 24.8. The van der Waals surface area contributed by atoms with Gasteiger partial charge in [0.05, 0.1) is 22.7 Å². The fraction of sp³-hybridized carbons (Fsp3) is 0.465. The molecule has 3 aromatic heterocycles. The Labute approximate surface area is 265 Å². The molecule has 0 saturated heterocycles. The Morgan fingerprint density at radius 1 is 0.600 bits per heavy atom. The van der Waals surface area contributed by atoms with E-state index >= 15 is 0 Å². The molecule has 8 aliphatic carbocycles. The third-order valence-corrected chi connectivity index (χ3v) is 14.4. The quantitative estimate of drug-likeness (QED) is 0.187. The summed E-state index contributed by atoms with van der Waals surface area (Å²) in [6, 6.07) is 17.4. The van der Waals surface area contributed by atoms with E-state index < -0.39 is 0 Å². The molecule has 4 saturated carbocycles. The molecule has 6 aromatic rings. The number of hydrogen-bond donors (Lipinski definition) is 0. The Morgan fingerprint density at radius 2 is 1.20 bits per heavy atom. The second-order valence-electron chi connectivity index (χ2n) is 16.9. The molecular weight excluding hydrogens is 544 g/mol. The number of nitrogens with zero attached hydrogens (tertiary/aromatic N) is 2. The van der Waals surface area contributed by atoms with Crippen LogP contribution in [-0.2, 0) is 0 Å². The number of aromatic nitrogens is 2. The summed E-state index contributed by atoms with van der Waals surface area (Å²) < 4.78 is 2.70. The van der Waals surface area contributed by atoms with E-state index in [4.69, 9.17) is 4.98 Å². The summed E-state index contributed by atoms with van der Waals surface area (Å²) in [6.45, 7) is 4.61. The number of pyridine rings is 1. The normalized spacial score (nSPS) is 32.7. The van der Waals surface area contributed by atoms with Crippen LogP contribution in [0.1, 0.15) is 121 Å². The highest BCUT2D eigenvalue weighted by molar-refractivity contribution is 6.25. The van der Waals surface area contributed by atoms with Gasteiger partial charge in [-0.25, -0.2) is 0 Å². The number of aryl methyl sites for hydroxylation is 2. The van der Waals surface area contributed by atoms with Crippen molar-refractivity contribution in [2.24, 2.45) is 23.7 Å².